The summed E-state index contributed by atoms with van der Waals surface area (Å²) in [5.74, 6) is -0.154. The molecule has 2 rings (SSSR count). The number of hydrogen-bond donors (Lipinski definition) is 2. The normalized spacial score (nSPS) is 28.4. The van der Waals surface area contributed by atoms with Gasteiger partial charge in [-0.1, -0.05) is 6.92 Å². The van der Waals surface area contributed by atoms with E-state index in [2.05, 4.69) is 12.2 Å². The first-order valence-electron chi connectivity index (χ1n) is 7.42. The molecule has 2 atom stereocenters. The third kappa shape index (κ3) is 4.18. The smallest absolute Gasteiger partial charge is 0.329 e. The van der Waals surface area contributed by atoms with Gasteiger partial charge in [0.05, 0.1) is 12.1 Å². The van der Waals surface area contributed by atoms with Gasteiger partial charge in [0.15, 0.2) is 0 Å². The van der Waals surface area contributed by atoms with E-state index in [1.807, 2.05) is 4.90 Å². The van der Waals surface area contributed by atoms with E-state index in [1.54, 1.807) is 0 Å². The van der Waals surface area contributed by atoms with Gasteiger partial charge in [0.2, 0.25) is 5.91 Å². The summed E-state index contributed by atoms with van der Waals surface area (Å²) in [4.78, 5) is 24.7. The Kier molecular flexibility index (Phi) is 5.37. The molecule has 2 aliphatic heterocycles. The molecule has 0 spiro atoms. The van der Waals surface area contributed by atoms with Gasteiger partial charge in [-0.25, -0.2) is 4.79 Å². The summed E-state index contributed by atoms with van der Waals surface area (Å²) in [6.45, 7) is 4.18. The molecule has 2 heterocycles. The zero-order chi connectivity index (χ0) is 14.5. The molecule has 1 amide bonds. The molecule has 0 aromatic carbocycles. The fourth-order valence-corrected chi connectivity index (χ4v) is 2.95. The number of carbonyl (C=O) groups excluding carboxylic acids is 1. The summed E-state index contributed by atoms with van der Waals surface area (Å²) in [5, 5.41) is 11.9. The predicted molar refractivity (Wildman–Crippen MR) is 73.4 cm³/mol. The number of likely N-dealkylation sites (tertiary alicyclic amines) is 1. The molecule has 2 saturated heterocycles. The highest BCUT2D eigenvalue weighted by Gasteiger charge is 2.31. The molecule has 0 aliphatic carbocycles. The van der Waals surface area contributed by atoms with Crippen molar-refractivity contribution in [3.8, 4) is 0 Å². The van der Waals surface area contributed by atoms with Gasteiger partial charge in [0.25, 0.3) is 0 Å². The minimum atomic E-state index is -0.941. The minimum absolute atomic E-state index is 0.0339. The summed E-state index contributed by atoms with van der Waals surface area (Å²) in [7, 11) is 0. The van der Waals surface area contributed by atoms with Crippen LogP contribution in [-0.4, -0.2) is 60.3 Å². The molecule has 6 nitrogen and oxygen atoms in total. The largest absolute Gasteiger partial charge is 0.480 e. The molecule has 0 saturated carbocycles. The van der Waals surface area contributed by atoms with Crippen molar-refractivity contribution < 1.29 is 19.4 Å². The Hall–Kier alpha value is -1.14. The Morgan fingerprint density at radius 1 is 1.30 bits per heavy atom. The van der Waals surface area contributed by atoms with Gasteiger partial charge in [0.1, 0.15) is 6.61 Å². The maximum Gasteiger partial charge on any atom is 0.329 e. The Labute approximate surface area is 119 Å². The number of rotatable bonds is 4. The van der Waals surface area contributed by atoms with Crippen LogP contribution in [0, 0.1) is 5.92 Å². The molecule has 2 aliphatic rings. The molecule has 0 bridgehead atoms. The number of amides is 1. The first-order valence-corrected chi connectivity index (χ1v) is 7.42. The highest BCUT2D eigenvalue weighted by Crippen LogP contribution is 2.19. The monoisotopic (exact) mass is 284 g/mol. The lowest BCUT2D eigenvalue weighted by atomic mass is 9.93. The molecule has 0 aromatic heterocycles. The third-order valence-corrected chi connectivity index (χ3v) is 4.16. The maximum absolute atomic E-state index is 12.4. The zero-order valence-electron chi connectivity index (χ0n) is 12.0. The second-order valence-electron chi connectivity index (χ2n) is 5.87. The zero-order valence-corrected chi connectivity index (χ0v) is 12.0. The third-order valence-electron chi connectivity index (χ3n) is 4.16. The molecule has 114 valence electrons. The number of aliphatic carboxylic acids is 1. The summed E-state index contributed by atoms with van der Waals surface area (Å²) in [6, 6.07) is -0.0461. The van der Waals surface area contributed by atoms with Crippen LogP contribution < -0.4 is 5.32 Å². The Morgan fingerprint density at radius 3 is 2.60 bits per heavy atom. The fourth-order valence-electron chi connectivity index (χ4n) is 2.95. The van der Waals surface area contributed by atoms with Crippen LogP contribution in [0.4, 0.5) is 0 Å². The van der Waals surface area contributed by atoms with E-state index in [0.29, 0.717) is 19.0 Å². The van der Waals surface area contributed by atoms with Crippen molar-refractivity contribution in [2.45, 2.75) is 44.8 Å². The van der Waals surface area contributed by atoms with Gasteiger partial charge in [0, 0.05) is 13.1 Å². The van der Waals surface area contributed by atoms with E-state index in [-0.39, 0.29) is 24.7 Å². The lowest BCUT2D eigenvalue weighted by Crippen LogP contribution is -2.52. The maximum atomic E-state index is 12.4. The van der Waals surface area contributed by atoms with Crippen molar-refractivity contribution in [1.82, 2.24) is 10.2 Å². The van der Waals surface area contributed by atoms with Crippen molar-refractivity contribution in [3.05, 3.63) is 0 Å². The fraction of sp³-hybridized carbons (Fsp3) is 0.857. The van der Waals surface area contributed by atoms with E-state index in [9.17, 15) is 9.59 Å². The van der Waals surface area contributed by atoms with Gasteiger partial charge in [-0.15, -0.1) is 0 Å². The van der Waals surface area contributed by atoms with Crippen LogP contribution in [-0.2, 0) is 14.3 Å². The second kappa shape index (κ2) is 7.04. The molecule has 2 N–H and O–H groups in total. The van der Waals surface area contributed by atoms with Gasteiger partial charge in [-0.2, -0.15) is 0 Å². The minimum Gasteiger partial charge on any atom is -0.480 e. The van der Waals surface area contributed by atoms with E-state index >= 15 is 0 Å². The molecular formula is C14H24N2O4. The summed E-state index contributed by atoms with van der Waals surface area (Å²) >= 11 is 0. The number of nitrogens with zero attached hydrogens (tertiary/aromatic N) is 1. The van der Waals surface area contributed by atoms with Crippen LogP contribution in [0.3, 0.4) is 0 Å². The van der Waals surface area contributed by atoms with Gasteiger partial charge in [-0.05, 0) is 38.1 Å². The number of piperidine rings is 2. The van der Waals surface area contributed by atoms with E-state index in [0.717, 1.165) is 32.2 Å². The van der Waals surface area contributed by atoms with Crippen molar-refractivity contribution >= 4 is 11.9 Å². The summed E-state index contributed by atoms with van der Waals surface area (Å²) in [5.41, 5.74) is 0. The predicted octanol–water partition coefficient (Wildman–Crippen LogP) is 0.467. The molecule has 0 aromatic rings. The van der Waals surface area contributed by atoms with Crippen LogP contribution in [0.2, 0.25) is 0 Å². The Balaban J connectivity index is 1.75. The van der Waals surface area contributed by atoms with Crippen molar-refractivity contribution in [3.63, 3.8) is 0 Å². The first kappa shape index (κ1) is 15.3. The Morgan fingerprint density at radius 2 is 2.00 bits per heavy atom. The number of carbonyl (C=O) groups is 2. The van der Waals surface area contributed by atoms with Gasteiger partial charge >= 0.3 is 5.97 Å². The van der Waals surface area contributed by atoms with Crippen LogP contribution in [0.25, 0.3) is 0 Å². The summed E-state index contributed by atoms with van der Waals surface area (Å²) < 4.78 is 5.28. The molecule has 20 heavy (non-hydrogen) atoms. The highest BCUT2D eigenvalue weighted by molar-refractivity contribution is 5.82. The second-order valence-corrected chi connectivity index (χ2v) is 5.87. The van der Waals surface area contributed by atoms with Gasteiger partial charge in [-0.3, -0.25) is 4.79 Å². The van der Waals surface area contributed by atoms with Crippen molar-refractivity contribution in [1.29, 1.82) is 0 Å². The SMILES string of the molecule is CC1CCNC(C(=O)N2CCC(OCC(=O)O)CC2)C1. The molecule has 6 heteroatoms. The number of hydrogen-bond acceptors (Lipinski definition) is 4. The van der Waals surface area contributed by atoms with E-state index < -0.39 is 5.97 Å². The van der Waals surface area contributed by atoms with E-state index in [4.69, 9.17) is 9.84 Å². The standard InChI is InChI=1S/C14H24N2O4/c1-10-2-5-15-12(8-10)14(19)16-6-3-11(4-7-16)20-9-13(17)18/h10-12,15H,2-9H2,1H3,(H,17,18). The van der Waals surface area contributed by atoms with Crippen LogP contribution in [0.15, 0.2) is 0 Å². The number of nitrogens with one attached hydrogen (secondary N) is 1. The van der Waals surface area contributed by atoms with E-state index in [1.165, 1.54) is 0 Å². The van der Waals surface area contributed by atoms with Crippen molar-refractivity contribution in [2.75, 3.05) is 26.2 Å². The molecule has 0 radical (unpaired) electrons. The Bertz CT molecular complexity index is 353. The lowest BCUT2D eigenvalue weighted by Gasteiger charge is -2.36. The summed E-state index contributed by atoms with van der Waals surface area (Å²) in [6.07, 6.45) is 3.46. The van der Waals surface area contributed by atoms with Crippen molar-refractivity contribution in [2.24, 2.45) is 5.92 Å². The average molecular weight is 284 g/mol. The molecular weight excluding hydrogens is 260 g/mol. The average Bonchev–Trinajstić information content (AvgIpc) is 2.45. The van der Waals surface area contributed by atoms with Crippen LogP contribution >= 0.6 is 0 Å². The number of carboxylic acids is 1. The highest BCUT2D eigenvalue weighted by atomic mass is 16.5. The number of ether oxygens (including phenoxy) is 1. The number of carboxylic acid groups (broad SMARTS) is 1. The first-order chi connectivity index (χ1) is 9.56. The van der Waals surface area contributed by atoms with Crippen LogP contribution in [0.5, 0.6) is 0 Å². The molecule has 2 fully saturated rings. The molecule has 2 unspecified atom stereocenters. The topological polar surface area (TPSA) is 78.9 Å². The van der Waals surface area contributed by atoms with Gasteiger partial charge < -0.3 is 20.1 Å². The quantitative estimate of drug-likeness (QED) is 0.784. The van der Waals surface area contributed by atoms with Crippen LogP contribution in [0.1, 0.15) is 32.6 Å². The lowest BCUT2D eigenvalue weighted by molar-refractivity contribution is -0.147.